The summed E-state index contributed by atoms with van der Waals surface area (Å²) in [7, 11) is 4.21. The van der Waals surface area contributed by atoms with E-state index in [1.807, 2.05) is 29.2 Å². The van der Waals surface area contributed by atoms with Gasteiger partial charge in [0.2, 0.25) is 0 Å². The number of quaternary nitrogens is 1. The van der Waals surface area contributed by atoms with E-state index in [1.165, 1.54) is 16.0 Å². The highest BCUT2D eigenvalue weighted by molar-refractivity contribution is 7.22. The Morgan fingerprint density at radius 3 is 2.33 bits per heavy atom. The maximum Gasteiger partial charge on any atom is 0.260 e. The van der Waals surface area contributed by atoms with Crippen molar-refractivity contribution in [1.82, 2.24) is 4.98 Å². The molecule has 3 rings (SSSR count). The van der Waals surface area contributed by atoms with Crippen molar-refractivity contribution in [2.45, 2.75) is 27.7 Å². The van der Waals surface area contributed by atoms with Crippen LogP contribution in [0.5, 0.6) is 0 Å². The number of benzene rings is 2. The molecule has 0 unspecified atom stereocenters. The van der Waals surface area contributed by atoms with E-state index in [4.69, 9.17) is 4.98 Å². The highest BCUT2D eigenvalue weighted by atomic mass is 32.1. The van der Waals surface area contributed by atoms with Gasteiger partial charge < -0.3 is 9.80 Å². The zero-order valence-electron chi connectivity index (χ0n) is 19.0. The molecule has 0 radical (unpaired) electrons. The summed E-state index contributed by atoms with van der Waals surface area (Å²) in [5.41, 5.74) is 5.22. The van der Waals surface area contributed by atoms with Gasteiger partial charge in [-0.25, -0.2) is 4.98 Å². The zero-order chi connectivity index (χ0) is 21.8. The van der Waals surface area contributed by atoms with Crippen molar-refractivity contribution in [3.05, 3.63) is 53.1 Å². The quantitative estimate of drug-likeness (QED) is 0.600. The number of nitrogens with zero attached hydrogens (tertiary/aromatic N) is 3. The van der Waals surface area contributed by atoms with Crippen molar-refractivity contribution in [3.8, 4) is 0 Å². The Morgan fingerprint density at radius 2 is 1.73 bits per heavy atom. The molecular formula is C24H33N4OS+. The molecule has 30 heavy (non-hydrogen) atoms. The molecule has 1 heterocycles. The number of nitrogens with one attached hydrogen (secondary N) is 1. The summed E-state index contributed by atoms with van der Waals surface area (Å²) in [6, 6.07) is 12.2. The third-order valence-electron chi connectivity index (χ3n) is 5.36. The van der Waals surface area contributed by atoms with Gasteiger partial charge in [-0.15, -0.1) is 0 Å². The Morgan fingerprint density at radius 1 is 1.07 bits per heavy atom. The van der Waals surface area contributed by atoms with E-state index in [1.54, 1.807) is 11.3 Å². The number of carbonyl (C=O) groups excluding carboxylic acids is 1. The number of anilines is 2. The lowest BCUT2D eigenvalue weighted by Crippen LogP contribution is -3.06. The number of hydrogen-bond donors (Lipinski definition) is 1. The molecule has 0 aliphatic carbocycles. The molecule has 1 N–H and O–H groups in total. The van der Waals surface area contributed by atoms with Crippen LogP contribution in [-0.4, -0.2) is 51.2 Å². The normalized spacial score (nSPS) is 11.3. The van der Waals surface area contributed by atoms with Crippen molar-refractivity contribution in [2.75, 3.05) is 50.1 Å². The molecule has 3 aromatic rings. The van der Waals surface area contributed by atoms with Gasteiger partial charge in [0, 0.05) is 24.3 Å². The first-order chi connectivity index (χ1) is 14.3. The first-order valence-corrected chi connectivity index (χ1v) is 11.5. The largest absolute Gasteiger partial charge is 0.372 e. The van der Waals surface area contributed by atoms with Crippen molar-refractivity contribution in [3.63, 3.8) is 0 Å². The maximum absolute atomic E-state index is 13.5. The second-order valence-corrected chi connectivity index (χ2v) is 9.04. The molecule has 1 amide bonds. The van der Waals surface area contributed by atoms with Gasteiger partial charge >= 0.3 is 0 Å². The molecular weight excluding hydrogens is 392 g/mol. The lowest BCUT2D eigenvalue weighted by molar-refractivity contribution is -0.856. The average Bonchev–Trinajstić information content (AvgIpc) is 3.13. The second-order valence-electron chi connectivity index (χ2n) is 8.06. The monoisotopic (exact) mass is 425 g/mol. The summed E-state index contributed by atoms with van der Waals surface area (Å²) in [5.74, 6) is 0.00998. The predicted molar refractivity (Wildman–Crippen MR) is 128 cm³/mol. The predicted octanol–water partition coefficient (Wildman–Crippen LogP) is 3.55. The fourth-order valence-electron chi connectivity index (χ4n) is 3.66. The Balaban J connectivity index is 1.95. The molecule has 2 aromatic carbocycles. The van der Waals surface area contributed by atoms with Crippen LogP contribution in [0, 0.1) is 13.8 Å². The van der Waals surface area contributed by atoms with Crippen LogP contribution in [0.15, 0.2) is 36.4 Å². The highest BCUT2D eigenvalue weighted by Gasteiger charge is 2.23. The smallest absolute Gasteiger partial charge is 0.260 e. The number of aromatic nitrogens is 1. The van der Waals surface area contributed by atoms with E-state index >= 15 is 0 Å². The van der Waals surface area contributed by atoms with Crippen molar-refractivity contribution in [1.29, 1.82) is 0 Å². The van der Waals surface area contributed by atoms with Gasteiger partial charge in [-0.05, 0) is 69.2 Å². The fraction of sp³-hybridized carbons (Fsp3) is 0.417. The van der Waals surface area contributed by atoms with Crippen LogP contribution < -0.4 is 14.7 Å². The Labute approximate surface area is 183 Å². The van der Waals surface area contributed by atoms with E-state index in [9.17, 15) is 4.79 Å². The van der Waals surface area contributed by atoms with E-state index in [2.05, 4.69) is 58.8 Å². The first kappa shape index (κ1) is 22.2. The van der Waals surface area contributed by atoms with E-state index < -0.39 is 0 Å². The Hall–Kier alpha value is -2.44. The first-order valence-electron chi connectivity index (χ1n) is 10.7. The molecule has 0 atom stereocenters. The van der Waals surface area contributed by atoms with Gasteiger partial charge in [-0.2, -0.15) is 0 Å². The van der Waals surface area contributed by atoms with Crippen molar-refractivity contribution < 1.29 is 9.69 Å². The van der Waals surface area contributed by atoms with Crippen LogP contribution in [0.2, 0.25) is 0 Å². The number of fused-ring (bicyclic) bond motifs is 1. The number of carbonyl (C=O) groups is 1. The lowest BCUT2D eigenvalue weighted by Gasteiger charge is -2.23. The third-order valence-corrected chi connectivity index (χ3v) is 6.59. The summed E-state index contributed by atoms with van der Waals surface area (Å²) in [5, 5.41) is 0.776. The van der Waals surface area contributed by atoms with Crippen molar-refractivity contribution >= 4 is 38.3 Å². The van der Waals surface area contributed by atoms with Crippen LogP contribution in [0.3, 0.4) is 0 Å². The molecule has 0 spiro atoms. The number of likely N-dealkylation sites (N-methyl/N-ethyl adjacent to an activating group) is 1. The van der Waals surface area contributed by atoms with Crippen LogP contribution in [0.4, 0.5) is 10.8 Å². The molecule has 0 aliphatic rings. The van der Waals surface area contributed by atoms with Gasteiger partial charge in [0.1, 0.15) is 0 Å². The van der Waals surface area contributed by atoms with Gasteiger partial charge in [0.15, 0.2) is 5.13 Å². The molecule has 1 aromatic heterocycles. The summed E-state index contributed by atoms with van der Waals surface area (Å²) in [6.45, 7) is 11.9. The summed E-state index contributed by atoms with van der Waals surface area (Å²) in [4.78, 5) is 23.7. The van der Waals surface area contributed by atoms with Crippen molar-refractivity contribution in [2.24, 2.45) is 0 Å². The molecule has 0 saturated heterocycles. The standard InChI is InChI=1S/C24H32N4OS/c1-7-27(8-2)20-11-9-19(10-12-20)23(29)28(14-13-26(5)6)24-25-21-16-17(3)15-18(4)22(21)30-24/h9-12,15-16H,7-8,13-14H2,1-6H3/p+1. The molecule has 0 bridgehead atoms. The zero-order valence-corrected chi connectivity index (χ0v) is 19.8. The average molecular weight is 426 g/mol. The fourth-order valence-corrected chi connectivity index (χ4v) is 4.70. The number of rotatable bonds is 8. The third kappa shape index (κ3) is 4.82. The number of thiazole rings is 1. The number of hydrogen-bond acceptors (Lipinski definition) is 4. The minimum absolute atomic E-state index is 0.00998. The molecule has 0 fully saturated rings. The van der Waals surface area contributed by atoms with Gasteiger partial charge in [0.05, 0.1) is 37.4 Å². The van der Waals surface area contributed by atoms with Crippen LogP contribution >= 0.6 is 11.3 Å². The Kier molecular flexibility index (Phi) is 7.10. The van der Waals surface area contributed by atoms with Gasteiger partial charge in [-0.3, -0.25) is 9.69 Å². The highest BCUT2D eigenvalue weighted by Crippen LogP contribution is 2.32. The topological polar surface area (TPSA) is 40.9 Å². The summed E-state index contributed by atoms with van der Waals surface area (Å²) < 4.78 is 1.16. The minimum atomic E-state index is 0.00998. The second kappa shape index (κ2) is 9.58. The van der Waals surface area contributed by atoms with E-state index in [-0.39, 0.29) is 5.91 Å². The lowest BCUT2D eigenvalue weighted by atomic mass is 10.1. The number of amides is 1. The maximum atomic E-state index is 13.5. The SMILES string of the molecule is CCN(CC)c1ccc(C(=O)N(CC[NH+](C)C)c2nc3cc(C)cc(C)c3s2)cc1. The van der Waals surface area contributed by atoms with E-state index in [0.29, 0.717) is 12.1 Å². The van der Waals surface area contributed by atoms with Crippen LogP contribution in [-0.2, 0) is 0 Å². The van der Waals surface area contributed by atoms with Crippen LogP contribution in [0.1, 0.15) is 35.3 Å². The Bertz CT molecular complexity index is 1010. The van der Waals surface area contributed by atoms with Gasteiger partial charge in [0.25, 0.3) is 5.91 Å². The van der Waals surface area contributed by atoms with Gasteiger partial charge in [-0.1, -0.05) is 17.4 Å². The summed E-state index contributed by atoms with van der Waals surface area (Å²) in [6.07, 6.45) is 0. The molecule has 0 saturated carbocycles. The van der Waals surface area contributed by atoms with Crippen LogP contribution in [0.25, 0.3) is 10.2 Å². The molecule has 160 valence electrons. The number of aryl methyl sites for hydroxylation is 2. The minimum Gasteiger partial charge on any atom is -0.372 e. The molecule has 0 aliphatic heterocycles. The summed E-state index contributed by atoms with van der Waals surface area (Å²) >= 11 is 1.61. The molecule has 5 nitrogen and oxygen atoms in total. The molecule has 6 heteroatoms. The van der Waals surface area contributed by atoms with E-state index in [0.717, 1.165) is 40.7 Å².